The Morgan fingerprint density at radius 3 is 2.92 bits per heavy atom. The van der Waals surface area contributed by atoms with Crippen LogP contribution in [0.2, 0.25) is 5.02 Å². The molecule has 26 heavy (non-hydrogen) atoms. The first-order valence-electron chi connectivity index (χ1n) is 8.36. The van der Waals surface area contributed by atoms with Crippen molar-refractivity contribution in [2.45, 2.75) is 12.8 Å². The predicted molar refractivity (Wildman–Crippen MR) is 97.6 cm³/mol. The van der Waals surface area contributed by atoms with Crippen LogP contribution < -0.4 is 10.6 Å². The minimum absolute atomic E-state index is 0.0919. The Morgan fingerprint density at radius 1 is 1.38 bits per heavy atom. The zero-order valence-electron chi connectivity index (χ0n) is 14.4. The van der Waals surface area contributed by atoms with Gasteiger partial charge in [-0.25, -0.2) is 5.01 Å². The van der Waals surface area contributed by atoms with E-state index in [4.69, 9.17) is 11.6 Å². The van der Waals surface area contributed by atoms with E-state index < -0.39 is 0 Å². The number of carbonyl (C=O) groups excluding carboxylic acids is 3. The molecule has 1 unspecified atom stereocenters. The van der Waals surface area contributed by atoms with Gasteiger partial charge in [0.1, 0.15) is 18.9 Å². The maximum Gasteiger partial charge on any atom is 0.262 e. The monoisotopic (exact) mass is 377 g/mol. The summed E-state index contributed by atoms with van der Waals surface area (Å²) in [6.45, 7) is 0.451. The van der Waals surface area contributed by atoms with Crippen LogP contribution in [0.4, 0.5) is 5.69 Å². The number of anilines is 1. The second kappa shape index (κ2) is 7.74. The lowest BCUT2D eigenvalue weighted by Gasteiger charge is -2.38. The molecule has 1 atom stereocenters. The molecule has 9 heteroatoms. The smallest absolute Gasteiger partial charge is 0.262 e. The average molecular weight is 378 g/mol. The molecular weight excluding hydrogens is 358 g/mol. The van der Waals surface area contributed by atoms with Crippen molar-refractivity contribution in [3.8, 4) is 0 Å². The van der Waals surface area contributed by atoms with E-state index in [1.54, 1.807) is 24.3 Å². The number of rotatable bonds is 4. The summed E-state index contributed by atoms with van der Waals surface area (Å²) < 4.78 is 0. The van der Waals surface area contributed by atoms with E-state index in [1.165, 1.54) is 12.1 Å². The van der Waals surface area contributed by atoms with Gasteiger partial charge in [0, 0.05) is 30.7 Å². The van der Waals surface area contributed by atoms with Gasteiger partial charge >= 0.3 is 0 Å². The van der Waals surface area contributed by atoms with Crippen molar-refractivity contribution >= 4 is 40.8 Å². The summed E-state index contributed by atoms with van der Waals surface area (Å²) in [5, 5.41) is 11.4. The third-order valence-corrected chi connectivity index (χ3v) is 4.64. The first kappa shape index (κ1) is 18.2. The van der Waals surface area contributed by atoms with E-state index in [2.05, 4.69) is 15.7 Å². The molecule has 1 fully saturated rings. The van der Waals surface area contributed by atoms with E-state index in [0.29, 0.717) is 30.1 Å². The fraction of sp³-hybridized carbons (Fsp3) is 0.412. The number of nitrogens with one attached hydrogen (secondary N) is 2. The van der Waals surface area contributed by atoms with Gasteiger partial charge < -0.3 is 15.5 Å². The lowest BCUT2D eigenvalue weighted by atomic mass is 9.95. The molecule has 2 aliphatic rings. The molecule has 0 bridgehead atoms. The maximum absolute atomic E-state index is 12.5. The first-order chi connectivity index (χ1) is 12.5. The van der Waals surface area contributed by atoms with Crippen LogP contribution in [-0.2, 0) is 14.4 Å². The number of fused-ring (bicyclic) bond motifs is 1. The number of hydrazone groups is 1. The fourth-order valence-corrected chi connectivity index (χ4v) is 3.19. The Labute approximate surface area is 156 Å². The summed E-state index contributed by atoms with van der Waals surface area (Å²) >= 11 is 5.94. The number of benzene rings is 1. The van der Waals surface area contributed by atoms with Gasteiger partial charge in [0.15, 0.2) is 0 Å². The molecule has 1 aromatic carbocycles. The van der Waals surface area contributed by atoms with Crippen LogP contribution in [-0.4, -0.2) is 60.1 Å². The van der Waals surface area contributed by atoms with Crippen molar-refractivity contribution in [3.05, 3.63) is 29.3 Å². The number of hydrogen-bond acceptors (Lipinski definition) is 5. The molecular formula is C17H20ClN5O3. The Bertz CT molecular complexity index is 767. The summed E-state index contributed by atoms with van der Waals surface area (Å²) in [5.41, 5.74) is 0.647. The third-order valence-electron chi connectivity index (χ3n) is 4.41. The van der Waals surface area contributed by atoms with Crippen LogP contribution >= 0.6 is 11.6 Å². The van der Waals surface area contributed by atoms with Gasteiger partial charge in [-0.2, -0.15) is 5.10 Å². The molecule has 2 heterocycles. The molecule has 3 rings (SSSR count). The second-order valence-corrected chi connectivity index (χ2v) is 6.69. The molecule has 0 radical (unpaired) electrons. The third kappa shape index (κ3) is 4.13. The van der Waals surface area contributed by atoms with Crippen molar-refractivity contribution < 1.29 is 14.4 Å². The summed E-state index contributed by atoms with van der Waals surface area (Å²) in [5.74, 6) is -0.142. The first-order valence-corrected chi connectivity index (χ1v) is 8.74. The maximum atomic E-state index is 12.5. The van der Waals surface area contributed by atoms with Gasteiger partial charge in [-0.05, 0) is 24.6 Å². The SMILES string of the molecule is CNC(=O)CN1N=C2CCC(C(=O)Nc3cccc(Cl)c3)CN2CC1=O. The number of amidine groups is 1. The highest BCUT2D eigenvalue weighted by Gasteiger charge is 2.35. The molecule has 2 aliphatic heterocycles. The van der Waals surface area contributed by atoms with Crippen molar-refractivity contribution in [2.75, 3.05) is 32.0 Å². The highest BCUT2D eigenvalue weighted by molar-refractivity contribution is 6.30. The predicted octanol–water partition coefficient (Wildman–Crippen LogP) is 0.892. The van der Waals surface area contributed by atoms with Crippen LogP contribution in [0.3, 0.4) is 0 Å². The molecule has 0 aromatic heterocycles. The van der Waals surface area contributed by atoms with Gasteiger partial charge in [-0.1, -0.05) is 17.7 Å². The van der Waals surface area contributed by atoms with E-state index >= 15 is 0 Å². The van der Waals surface area contributed by atoms with Crippen LogP contribution in [0, 0.1) is 5.92 Å². The van der Waals surface area contributed by atoms with Gasteiger partial charge in [0.25, 0.3) is 5.91 Å². The van der Waals surface area contributed by atoms with E-state index in [9.17, 15) is 14.4 Å². The fourth-order valence-electron chi connectivity index (χ4n) is 3.00. The Hall–Kier alpha value is -2.61. The van der Waals surface area contributed by atoms with Crippen LogP contribution in [0.25, 0.3) is 0 Å². The summed E-state index contributed by atoms with van der Waals surface area (Å²) in [6, 6.07) is 6.98. The normalized spacial score (nSPS) is 19.5. The topological polar surface area (TPSA) is 94.1 Å². The lowest BCUT2D eigenvalue weighted by Crippen LogP contribution is -2.53. The number of piperidine rings is 1. The van der Waals surface area contributed by atoms with E-state index in [0.717, 1.165) is 5.84 Å². The van der Waals surface area contributed by atoms with E-state index in [-0.39, 0.29) is 36.7 Å². The molecule has 0 spiro atoms. The van der Waals surface area contributed by atoms with Crippen molar-refractivity contribution in [3.63, 3.8) is 0 Å². The summed E-state index contributed by atoms with van der Waals surface area (Å²) in [7, 11) is 1.51. The molecule has 138 valence electrons. The minimum Gasteiger partial charge on any atom is -0.358 e. The molecule has 0 aliphatic carbocycles. The van der Waals surface area contributed by atoms with Crippen LogP contribution in [0.5, 0.6) is 0 Å². The van der Waals surface area contributed by atoms with E-state index in [1.807, 2.05) is 4.90 Å². The number of likely N-dealkylation sites (N-methyl/N-ethyl adjacent to an activating group) is 1. The van der Waals surface area contributed by atoms with Gasteiger partial charge in [0.05, 0.1) is 5.92 Å². The second-order valence-electron chi connectivity index (χ2n) is 6.26. The zero-order valence-corrected chi connectivity index (χ0v) is 15.1. The Kier molecular flexibility index (Phi) is 5.41. The largest absolute Gasteiger partial charge is 0.358 e. The highest BCUT2D eigenvalue weighted by Crippen LogP contribution is 2.24. The summed E-state index contributed by atoms with van der Waals surface area (Å²) in [4.78, 5) is 38.0. The Balaban J connectivity index is 1.63. The van der Waals surface area contributed by atoms with Crippen LogP contribution in [0.15, 0.2) is 29.4 Å². The Morgan fingerprint density at radius 2 is 2.19 bits per heavy atom. The van der Waals surface area contributed by atoms with Gasteiger partial charge in [0.2, 0.25) is 11.8 Å². The van der Waals surface area contributed by atoms with Gasteiger partial charge in [-0.3, -0.25) is 14.4 Å². The molecule has 0 saturated carbocycles. The number of carbonyl (C=O) groups is 3. The van der Waals surface area contributed by atoms with Crippen molar-refractivity contribution in [1.29, 1.82) is 0 Å². The molecule has 1 saturated heterocycles. The molecule has 2 N–H and O–H groups in total. The molecule has 1 aromatic rings. The van der Waals surface area contributed by atoms with Gasteiger partial charge in [-0.15, -0.1) is 0 Å². The standard InChI is InChI=1S/C17H20ClN5O3/c1-19-15(24)9-23-16(25)10-22-8-11(5-6-14(22)21-23)17(26)20-13-4-2-3-12(18)7-13/h2-4,7,11H,5-6,8-10H2,1H3,(H,19,24)(H,20,26). The number of amides is 3. The van der Waals surface area contributed by atoms with Crippen LogP contribution in [0.1, 0.15) is 12.8 Å². The number of nitrogens with zero attached hydrogens (tertiary/aromatic N) is 3. The molecule has 3 amide bonds. The quantitative estimate of drug-likeness (QED) is 0.814. The van der Waals surface area contributed by atoms with Crippen molar-refractivity contribution in [1.82, 2.24) is 15.2 Å². The average Bonchev–Trinajstić information content (AvgIpc) is 2.61. The summed E-state index contributed by atoms with van der Waals surface area (Å²) in [6.07, 6.45) is 1.20. The number of hydrogen-bond donors (Lipinski definition) is 2. The lowest BCUT2D eigenvalue weighted by molar-refractivity contribution is -0.138. The minimum atomic E-state index is -0.272. The highest BCUT2D eigenvalue weighted by atomic mass is 35.5. The van der Waals surface area contributed by atoms with Crippen molar-refractivity contribution in [2.24, 2.45) is 11.0 Å². The molecule has 8 nitrogen and oxygen atoms in total. The zero-order chi connectivity index (χ0) is 18.7. The number of halogens is 1.